The van der Waals surface area contributed by atoms with Crippen molar-refractivity contribution < 1.29 is 19.1 Å². The molecule has 2 aromatic carbocycles. The summed E-state index contributed by atoms with van der Waals surface area (Å²) in [5.41, 5.74) is 1.36. The van der Waals surface area contributed by atoms with Crippen molar-refractivity contribution in [2.24, 2.45) is 5.92 Å². The minimum Gasteiger partial charge on any atom is -0.495 e. The van der Waals surface area contributed by atoms with Crippen molar-refractivity contribution in [3.05, 3.63) is 53.6 Å². The summed E-state index contributed by atoms with van der Waals surface area (Å²) < 4.78 is 5.36. The van der Waals surface area contributed by atoms with Gasteiger partial charge in [0.1, 0.15) is 5.75 Å². The quantitative estimate of drug-likeness (QED) is 0.630. The van der Waals surface area contributed by atoms with Crippen molar-refractivity contribution in [3.8, 4) is 5.75 Å². The fraction of sp³-hybridized carbons (Fsp3) is 0.400. The number of hydrogen-bond acceptors (Lipinski definition) is 5. The molecule has 4 rings (SSSR count). The Labute approximate surface area is 204 Å². The topological polar surface area (TPSA) is 91.0 Å². The third-order valence-electron chi connectivity index (χ3n) is 6.29. The maximum atomic E-state index is 12.9. The second-order valence-electron chi connectivity index (χ2n) is 8.69. The number of halogens is 1. The van der Waals surface area contributed by atoms with Gasteiger partial charge in [0.15, 0.2) is 0 Å². The molecule has 1 atom stereocenters. The zero-order valence-electron chi connectivity index (χ0n) is 19.1. The highest BCUT2D eigenvalue weighted by Gasteiger charge is 2.37. The number of benzene rings is 2. The lowest BCUT2D eigenvalue weighted by Crippen LogP contribution is -2.48. The Bertz CT molecular complexity index is 1040. The molecule has 0 bridgehead atoms. The Hall–Kier alpha value is -3.10. The summed E-state index contributed by atoms with van der Waals surface area (Å²) in [5, 5.41) is 6.50. The van der Waals surface area contributed by atoms with E-state index in [4.69, 9.17) is 16.3 Å². The molecule has 2 saturated heterocycles. The van der Waals surface area contributed by atoms with E-state index in [0.717, 1.165) is 31.6 Å². The number of carbonyl (C=O) groups is 3. The molecular weight excluding hydrogens is 456 g/mol. The number of rotatable bonds is 7. The van der Waals surface area contributed by atoms with Crippen molar-refractivity contribution in [2.75, 3.05) is 43.5 Å². The molecule has 2 aliphatic rings. The first-order valence-corrected chi connectivity index (χ1v) is 11.8. The predicted octanol–water partition coefficient (Wildman–Crippen LogP) is 2.92. The highest BCUT2D eigenvalue weighted by atomic mass is 35.5. The number of ether oxygens (including phenoxy) is 1. The Morgan fingerprint density at radius 3 is 2.56 bits per heavy atom. The van der Waals surface area contributed by atoms with Gasteiger partial charge in [-0.25, -0.2) is 0 Å². The molecule has 0 aromatic heterocycles. The van der Waals surface area contributed by atoms with Gasteiger partial charge in [-0.2, -0.15) is 0 Å². The summed E-state index contributed by atoms with van der Waals surface area (Å²) in [4.78, 5) is 41.5. The minimum atomic E-state index is -0.425. The van der Waals surface area contributed by atoms with Gasteiger partial charge in [0, 0.05) is 42.8 Å². The number of anilines is 2. The van der Waals surface area contributed by atoms with Crippen LogP contribution in [0.5, 0.6) is 5.75 Å². The molecule has 8 nitrogen and oxygen atoms in total. The van der Waals surface area contributed by atoms with E-state index in [9.17, 15) is 14.4 Å². The van der Waals surface area contributed by atoms with Crippen LogP contribution < -0.4 is 20.3 Å². The fourth-order valence-electron chi connectivity index (χ4n) is 4.47. The largest absolute Gasteiger partial charge is 0.495 e. The van der Waals surface area contributed by atoms with Gasteiger partial charge in [-0.1, -0.05) is 29.8 Å². The summed E-state index contributed by atoms with van der Waals surface area (Å²) >= 11 is 6.11. The highest BCUT2D eigenvalue weighted by molar-refractivity contribution is 6.31. The maximum Gasteiger partial charge on any atom is 0.238 e. The van der Waals surface area contributed by atoms with E-state index in [0.29, 0.717) is 29.5 Å². The number of nitrogens with zero attached hydrogens (tertiary/aromatic N) is 2. The van der Waals surface area contributed by atoms with Crippen LogP contribution in [0.4, 0.5) is 11.4 Å². The molecule has 180 valence electrons. The van der Waals surface area contributed by atoms with Gasteiger partial charge in [-0.15, -0.1) is 0 Å². The summed E-state index contributed by atoms with van der Waals surface area (Å²) in [5.74, 6) is -0.167. The molecule has 0 spiro atoms. The Kier molecular flexibility index (Phi) is 7.70. The van der Waals surface area contributed by atoms with E-state index in [-0.39, 0.29) is 30.2 Å². The predicted molar refractivity (Wildman–Crippen MR) is 131 cm³/mol. The number of methoxy groups -OCH3 is 1. The van der Waals surface area contributed by atoms with E-state index in [2.05, 4.69) is 15.5 Å². The molecule has 2 fully saturated rings. The van der Waals surface area contributed by atoms with Crippen molar-refractivity contribution >= 4 is 40.7 Å². The second-order valence-corrected chi connectivity index (χ2v) is 9.13. The second kappa shape index (κ2) is 10.9. The first-order valence-electron chi connectivity index (χ1n) is 11.4. The summed E-state index contributed by atoms with van der Waals surface area (Å²) in [6.45, 7) is 2.06. The SMILES string of the molecule is COc1ccc(Cl)cc1N1CC(C(=O)NC2CCN(CC(=O)Nc3ccccc3)CC2)CC1=O. The Morgan fingerprint density at radius 2 is 1.85 bits per heavy atom. The number of nitrogens with one attached hydrogen (secondary N) is 2. The average Bonchev–Trinajstić information content (AvgIpc) is 3.22. The van der Waals surface area contributed by atoms with Crippen LogP contribution in [-0.4, -0.2) is 62.0 Å². The Balaban J connectivity index is 1.25. The van der Waals surface area contributed by atoms with E-state index in [1.807, 2.05) is 30.3 Å². The van der Waals surface area contributed by atoms with Gasteiger partial charge in [0.25, 0.3) is 0 Å². The van der Waals surface area contributed by atoms with E-state index >= 15 is 0 Å². The van der Waals surface area contributed by atoms with Crippen LogP contribution in [0.25, 0.3) is 0 Å². The molecule has 9 heteroatoms. The van der Waals surface area contributed by atoms with Crippen LogP contribution >= 0.6 is 11.6 Å². The molecule has 1 unspecified atom stereocenters. The van der Waals surface area contributed by atoms with Crippen LogP contribution in [0, 0.1) is 5.92 Å². The summed E-state index contributed by atoms with van der Waals surface area (Å²) in [6.07, 6.45) is 1.67. The van der Waals surface area contributed by atoms with Crippen molar-refractivity contribution in [1.82, 2.24) is 10.2 Å². The lowest BCUT2D eigenvalue weighted by atomic mass is 10.0. The number of carbonyl (C=O) groups excluding carboxylic acids is 3. The van der Waals surface area contributed by atoms with Gasteiger partial charge in [-0.3, -0.25) is 19.3 Å². The molecule has 2 heterocycles. The third kappa shape index (κ3) is 5.87. The first kappa shape index (κ1) is 24.0. The zero-order valence-corrected chi connectivity index (χ0v) is 19.9. The zero-order chi connectivity index (χ0) is 24.1. The van der Waals surface area contributed by atoms with Crippen molar-refractivity contribution in [3.63, 3.8) is 0 Å². The van der Waals surface area contributed by atoms with Crippen LogP contribution in [0.3, 0.4) is 0 Å². The third-order valence-corrected chi connectivity index (χ3v) is 6.52. The van der Waals surface area contributed by atoms with Crippen LogP contribution in [-0.2, 0) is 14.4 Å². The van der Waals surface area contributed by atoms with Crippen molar-refractivity contribution in [1.29, 1.82) is 0 Å². The lowest BCUT2D eigenvalue weighted by Gasteiger charge is -2.32. The van der Waals surface area contributed by atoms with Crippen molar-refractivity contribution in [2.45, 2.75) is 25.3 Å². The minimum absolute atomic E-state index is 0.0331. The van der Waals surface area contributed by atoms with E-state index in [1.54, 1.807) is 23.1 Å². The van der Waals surface area contributed by atoms with Gasteiger partial charge in [-0.05, 0) is 43.2 Å². The molecule has 34 heavy (non-hydrogen) atoms. The van der Waals surface area contributed by atoms with Crippen LogP contribution in [0.15, 0.2) is 48.5 Å². The number of para-hydroxylation sites is 1. The van der Waals surface area contributed by atoms with Gasteiger partial charge >= 0.3 is 0 Å². The molecule has 0 saturated carbocycles. The average molecular weight is 485 g/mol. The number of likely N-dealkylation sites (tertiary alicyclic amines) is 1. The molecule has 2 aliphatic heterocycles. The molecule has 3 amide bonds. The van der Waals surface area contributed by atoms with Crippen LogP contribution in [0.2, 0.25) is 5.02 Å². The fourth-order valence-corrected chi connectivity index (χ4v) is 4.64. The molecule has 2 aromatic rings. The van der Waals surface area contributed by atoms with Crippen LogP contribution in [0.1, 0.15) is 19.3 Å². The van der Waals surface area contributed by atoms with Gasteiger partial charge in [0.05, 0.1) is 25.3 Å². The van der Waals surface area contributed by atoms with E-state index in [1.165, 1.54) is 7.11 Å². The maximum absolute atomic E-state index is 12.9. The van der Waals surface area contributed by atoms with E-state index < -0.39 is 5.92 Å². The van der Waals surface area contributed by atoms with Gasteiger partial charge < -0.3 is 20.3 Å². The monoisotopic (exact) mass is 484 g/mol. The molecule has 0 radical (unpaired) electrons. The molecular formula is C25H29ClN4O4. The summed E-state index contributed by atoms with van der Waals surface area (Å²) in [7, 11) is 1.54. The first-order chi connectivity index (χ1) is 16.4. The molecule has 0 aliphatic carbocycles. The molecule has 2 N–H and O–H groups in total. The lowest BCUT2D eigenvalue weighted by molar-refractivity contribution is -0.127. The smallest absolute Gasteiger partial charge is 0.238 e. The Morgan fingerprint density at radius 1 is 1.12 bits per heavy atom. The number of piperidine rings is 1. The summed E-state index contributed by atoms with van der Waals surface area (Å²) in [6, 6.07) is 14.5. The number of hydrogen-bond donors (Lipinski definition) is 2. The standard InChI is InChI=1S/C25H29ClN4O4/c1-34-22-8-7-18(26)14-21(22)30-15-17(13-24(30)32)25(33)28-20-9-11-29(12-10-20)16-23(31)27-19-5-3-2-4-6-19/h2-8,14,17,20H,9-13,15-16H2,1H3,(H,27,31)(H,28,33). The normalized spacial score (nSPS) is 19.2. The number of amides is 3. The van der Waals surface area contributed by atoms with Gasteiger partial charge in [0.2, 0.25) is 17.7 Å². The highest BCUT2D eigenvalue weighted by Crippen LogP contribution is 2.35.